The summed E-state index contributed by atoms with van der Waals surface area (Å²) in [6, 6.07) is 5.00. The van der Waals surface area contributed by atoms with Crippen molar-refractivity contribution in [3.05, 3.63) is 27.7 Å². The lowest BCUT2D eigenvalue weighted by Crippen LogP contribution is -2.22. The van der Waals surface area contributed by atoms with Crippen LogP contribution in [0.5, 0.6) is 0 Å². The molecule has 2 rings (SSSR count). The summed E-state index contributed by atoms with van der Waals surface area (Å²) in [6.45, 7) is 6.48. The first-order valence-corrected chi connectivity index (χ1v) is 6.20. The zero-order valence-electron chi connectivity index (χ0n) is 9.23. The minimum atomic E-state index is 0.588. The van der Waals surface area contributed by atoms with Gasteiger partial charge < -0.3 is 10.6 Å². The van der Waals surface area contributed by atoms with E-state index in [1.54, 1.807) is 0 Å². The fraction of sp³-hybridized carbons (Fsp3) is 0.500. The summed E-state index contributed by atoms with van der Waals surface area (Å²) in [5.41, 5.74) is 3.83. The fourth-order valence-corrected chi connectivity index (χ4v) is 2.27. The van der Waals surface area contributed by atoms with Gasteiger partial charge in [-0.2, -0.15) is 0 Å². The van der Waals surface area contributed by atoms with E-state index in [4.69, 9.17) is 0 Å². The molecule has 1 aromatic carbocycles. The smallest absolute Gasteiger partial charge is 0.0398 e. The van der Waals surface area contributed by atoms with Crippen LogP contribution < -0.4 is 10.6 Å². The molecule has 1 heterocycles. The van der Waals surface area contributed by atoms with Crippen LogP contribution in [0.25, 0.3) is 0 Å². The second-order valence-corrected chi connectivity index (χ2v) is 5.05. The maximum atomic E-state index is 3.59. The van der Waals surface area contributed by atoms with Crippen LogP contribution in [-0.2, 0) is 0 Å². The van der Waals surface area contributed by atoms with Gasteiger partial charge in [0.05, 0.1) is 0 Å². The van der Waals surface area contributed by atoms with E-state index in [2.05, 4.69) is 52.5 Å². The second-order valence-electron chi connectivity index (χ2n) is 4.26. The number of benzene rings is 1. The molecule has 1 aromatic rings. The molecule has 2 N–H and O–H groups in total. The first-order valence-electron chi connectivity index (χ1n) is 5.41. The molecule has 1 saturated heterocycles. The van der Waals surface area contributed by atoms with E-state index >= 15 is 0 Å². The van der Waals surface area contributed by atoms with Crippen LogP contribution in [0.4, 0.5) is 5.69 Å². The van der Waals surface area contributed by atoms with E-state index in [9.17, 15) is 0 Å². The van der Waals surface area contributed by atoms with Crippen LogP contribution in [0.15, 0.2) is 16.6 Å². The van der Waals surface area contributed by atoms with Gasteiger partial charge in [-0.3, -0.25) is 0 Å². The number of hydrogen-bond acceptors (Lipinski definition) is 2. The molecule has 0 radical (unpaired) electrons. The zero-order valence-corrected chi connectivity index (χ0v) is 10.8. The van der Waals surface area contributed by atoms with E-state index < -0.39 is 0 Å². The van der Waals surface area contributed by atoms with Crippen molar-refractivity contribution >= 4 is 21.6 Å². The molecular formula is C12H17BrN2. The van der Waals surface area contributed by atoms with Gasteiger partial charge in [0.25, 0.3) is 0 Å². The number of rotatable bonds is 2. The normalized spacial score (nSPS) is 20.6. The molecule has 0 spiro atoms. The molecule has 0 bridgehead atoms. The van der Waals surface area contributed by atoms with Gasteiger partial charge in [-0.15, -0.1) is 0 Å². The summed E-state index contributed by atoms with van der Waals surface area (Å²) >= 11 is 3.59. The Labute approximate surface area is 99.6 Å². The predicted molar refractivity (Wildman–Crippen MR) is 68.5 cm³/mol. The number of anilines is 1. The van der Waals surface area contributed by atoms with Gasteiger partial charge in [-0.25, -0.2) is 0 Å². The molecule has 0 aliphatic carbocycles. The summed E-state index contributed by atoms with van der Waals surface area (Å²) in [7, 11) is 0. The number of halogens is 1. The number of hydrogen-bond donors (Lipinski definition) is 2. The Morgan fingerprint density at radius 2 is 2.00 bits per heavy atom. The molecule has 0 saturated carbocycles. The molecule has 0 aromatic heterocycles. The summed E-state index contributed by atoms with van der Waals surface area (Å²) < 4.78 is 1.22. The Morgan fingerprint density at radius 3 is 2.53 bits per heavy atom. The van der Waals surface area contributed by atoms with Gasteiger partial charge in [-0.05, 0) is 50.1 Å². The lowest BCUT2D eigenvalue weighted by atomic mass is 10.1. The Hall–Kier alpha value is -0.540. The molecule has 15 heavy (non-hydrogen) atoms. The first kappa shape index (κ1) is 11.0. The van der Waals surface area contributed by atoms with Crippen LogP contribution in [0.2, 0.25) is 0 Å². The summed E-state index contributed by atoms with van der Waals surface area (Å²) in [5, 5.41) is 6.93. The van der Waals surface area contributed by atoms with Crippen molar-refractivity contribution in [3.63, 3.8) is 0 Å². The maximum absolute atomic E-state index is 3.59. The fourth-order valence-electron chi connectivity index (χ4n) is 2.04. The standard InChI is InChI=1S/C12H17BrN2/c1-8-5-11(6-9(2)12(8)13)15-10-3-4-14-7-10/h5-6,10,14-15H,3-4,7H2,1-2H3. The number of nitrogens with one attached hydrogen (secondary N) is 2. The predicted octanol–water partition coefficient (Wildman–Crippen LogP) is 2.84. The van der Waals surface area contributed by atoms with Crippen molar-refractivity contribution in [2.75, 3.05) is 18.4 Å². The Bertz CT molecular complexity index is 334. The van der Waals surface area contributed by atoms with Gasteiger partial charge >= 0.3 is 0 Å². The molecule has 0 amide bonds. The highest BCUT2D eigenvalue weighted by atomic mass is 79.9. The Morgan fingerprint density at radius 1 is 1.33 bits per heavy atom. The lowest BCUT2D eigenvalue weighted by Gasteiger charge is -2.15. The molecule has 1 atom stereocenters. The SMILES string of the molecule is Cc1cc(NC2CCNC2)cc(C)c1Br. The van der Waals surface area contributed by atoms with Crippen molar-refractivity contribution in [2.24, 2.45) is 0 Å². The largest absolute Gasteiger partial charge is 0.381 e. The van der Waals surface area contributed by atoms with Crippen molar-refractivity contribution in [3.8, 4) is 0 Å². The molecule has 1 unspecified atom stereocenters. The molecule has 1 fully saturated rings. The highest BCUT2D eigenvalue weighted by Crippen LogP contribution is 2.25. The monoisotopic (exact) mass is 268 g/mol. The van der Waals surface area contributed by atoms with Crippen LogP contribution in [-0.4, -0.2) is 19.1 Å². The highest BCUT2D eigenvalue weighted by molar-refractivity contribution is 9.10. The van der Waals surface area contributed by atoms with Crippen molar-refractivity contribution < 1.29 is 0 Å². The van der Waals surface area contributed by atoms with Crippen LogP contribution >= 0.6 is 15.9 Å². The third kappa shape index (κ3) is 2.52. The van der Waals surface area contributed by atoms with Gasteiger partial charge in [0.15, 0.2) is 0 Å². The Balaban J connectivity index is 2.14. The molecule has 3 heteroatoms. The molecule has 1 aliphatic rings. The van der Waals surface area contributed by atoms with Crippen LogP contribution in [0.3, 0.4) is 0 Å². The summed E-state index contributed by atoms with van der Waals surface area (Å²) in [6.07, 6.45) is 1.22. The quantitative estimate of drug-likeness (QED) is 0.862. The average molecular weight is 269 g/mol. The third-order valence-corrected chi connectivity index (χ3v) is 4.12. The third-order valence-electron chi connectivity index (χ3n) is 2.87. The molecule has 2 nitrogen and oxygen atoms in total. The van der Waals surface area contributed by atoms with Gasteiger partial charge in [0.2, 0.25) is 0 Å². The molecule has 82 valence electrons. The summed E-state index contributed by atoms with van der Waals surface area (Å²) in [4.78, 5) is 0. The minimum absolute atomic E-state index is 0.588. The topological polar surface area (TPSA) is 24.1 Å². The summed E-state index contributed by atoms with van der Waals surface area (Å²) in [5.74, 6) is 0. The van der Waals surface area contributed by atoms with Gasteiger partial charge in [0.1, 0.15) is 0 Å². The second kappa shape index (κ2) is 4.54. The van der Waals surface area contributed by atoms with E-state index in [1.807, 2.05) is 0 Å². The van der Waals surface area contributed by atoms with E-state index in [-0.39, 0.29) is 0 Å². The highest BCUT2D eigenvalue weighted by Gasteiger charge is 2.14. The van der Waals surface area contributed by atoms with Crippen LogP contribution in [0, 0.1) is 13.8 Å². The van der Waals surface area contributed by atoms with E-state index in [0.717, 1.165) is 13.1 Å². The average Bonchev–Trinajstić information content (AvgIpc) is 2.66. The van der Waals surface area contributed by atoms with Gasteiger partial charge in [-0.1, -0.05) is 15.9 Å². The van der Waals surface area contributed by atoms with Crippen LogP contribution in [0.1, 0.15) is 17.5 Å². The van der Waals surface area contributed by atoms with Crippen molar-refractivity contribution in [1.29, 1.82) is 0 Å². The molecular weight excluding hydrogens is 252 g/mol. The van der Waals surface area contributed by atoms with E-state index in [1.165, 1.54) is 27.7 Å². The Kier molecular flexibility index (Phi) is 3.32. The van der Waals surface area contributed by atoms with Crippen molar-refractivity contribution in [1.82, 2.24) is 5.32 Å². The minimum Gasteiger partial charge on any atom is -0.381 e. The zero-order chi connectivity index (χ0) is 10.8. The maximum Gasteiger partial charge on any atom is 0.0398 e. The van der Waals surface area contributed by atoms with Crippen molar-refractivity contribution in [2.45, 2.75) is 26.3 Å². The lowest BCUT2D eigenvalue weighted by molar-refractivity contribution is 0.793. The molecule has 1 aliphatic heterocycles. The first-order chi connectivity index (χ1) is 7.16. The number of aryl methyl sites for hydroxylation is 2. The van der Waals surface area contributed by atoms with E-state index in [0.29, 0.717) is 6.04 Å². The van der Waals surface area contributed by atoms with Gasteiger partial charge in [0, 0.05) is 22.7 Å².